The second-order valence-electron chi connectivity index (χ2n) is 10.5. The number of benzene rings is 5. The molecule has 0 aliphatic carbocycles. The molecule has 1 heterocycles. The molecule has 0 spiro atoms. The third kappa shape index (κ3) is 7.12. The molecular formula is C38H32Cl2SiZr. The summed E-state index contributed by atoms with van der Waals surface area (Å²) in [5.41, 5.74) is 12.2. The van der Waals surface area contributed by atoms with Gasteiger partial charge in [-0.25, -0.2) is 0 Å². The number of hydrogen-bond donors (Lipinski definition) is 0. The molecule has 0 saturated carbocycles. The van der Waals surface area contributed by atoms with Crippen LogP contribution in [0.4, 0.5) is 0 Å². The zero-order chi connectivity index (χ0) is 29.5. The van der Waals surface area contributed by atoms with Crippen molar-refractivity contribution in [2.45, 2.75) is 33.6 Å². The molecule has 0 unspecified atom stereocenters. The first-order valence-electron chi connectivity index (χ1n) is 14.2. The number of fused-ring (bicyclic) bond motifs is 4. The van der Waals surface area contributed by atoms with Gasteiger partial charge < -0.3 is 0 Å². The van der Waals surface area contributed by atoms with Crippen molar-refractivity contribution in [3.8, 4) is 33.4 Å². The maximum Gasteiger partial charge on any atom is 0.0920 e. The van der Waals surface area contributed by atoms with E-state index < -0.39 is 20.8 Å². The molecule has 6 aromatic carbocycles. The van der Waals surface area contributed by atoms with Crippen LogP contribution in [0.1, 0.15) is 30.0 Å². The van der Waals surface area contributed by atoms with Crippen LogP contribution in [0.25, 0.3) is 44.2 Å². The standard InChI is InChI=1S/C26H25.C12H7Si.2ClH.Zr/c1-4-8-21-11-12-22-16-23(20-9-6-5-7-10-20)17-25(22)26(21)24-14-18(2)13-19(3)15-24;1-3-7-11-9(5-1)10-6-2-4-8-12(10)13-11;;;/h5-7,9-17H,4,8H2,1-3H3;1-7H;2*1H;/q2*-1;;;+4/p-2. The molecule has 0 aromatic heterocycles. The Bertz CT molecular complexity index is 1730. The first kappa shape index (κ1) is 30.8. The molecule has 42 heavy (non-hydrogen) atoms. The quantitative estimate of drug-likeness (QED) is 0.128. The number of aryl methyl sites for hydroxylation is 3. The molecule has 6 aromatic rings. The zero-order valence-corrected chi connectivity index (χ0v) is 29.1. The Morgan fingerprint density at radius 3 is 2.19 bits per heavy atom. The van der Waals surface area contributed by atoms with Crippen molar-refractivity contribution in [1.82, 2.24) is 0 Å². The first-order chi connectivity index (χ1) is 20.5. The minimum absolute atomic E-state index is 0.795. The largest absolute Gasteiger partial charge is 0.184 e. The minimum atomic E-state index is -0.826. The van der Waals surface area contributed by atoms with Crippen LogP contribution in [0.15, 0.2) is 115 Å². The molecule has 206 valence electrons. The van der Waals surface area contributed by atoms with Gasteiger partial charge in [0, 0.05) is 0 Å². The van der Waals surface area contributed by atoms with Gasteiger partial charge >= 0.3 is 37.9 Å². The van der Waals surface area contributed by atoms with Crippen LogP contribution in [0.3, 0.4) is 0 Å². The predicted octanol–water partition coefficient (Wildman–Crippen LogP) is 9.96. The van der Waals surface area contributed by atoms with Crippen molar-refractivity contribution in [2.24, 2.45) is 0 Å². The molecule has 2 radical (unpaired) electrons. The van der Waals surface area contributed by atoms with Crippen molar-refractivity contribution in [3.63, 3.8) is 0 Å². The van der Waals surface area contributed by atoms with Crippen molar-refractivity contribution >= 4 is 47.7 Å². The molecule has 1 aliphatic rings. The van der Waals surface area contributed by atoms with Crippen LogP contribution >= 0.6 is 17.0 Å². The molecule has 7 rings (SSSR count). The fourth-order valence-corrected chi connectivity index (χ4v) is 7.10. The second-order valence-corrected chi connectivity index (χ2v) is 15.6. The van der Waals surface area contributed by atoms with E-state index in [2.05, 4.69) is 136 Å². The van der Waals surface area contributed by atoms with E-state index in [1.165, 1.54) is 71.2 Å². The third-order valence-corrected chi connectivity index (χ3v) is 8.82. The van der Waals surface area contributed by atoms with E-state index in [-0.39, 0.29) is 0 Å². The summed E-state index contributed by atoms with van der Waals surface area (Å²) in [6, 6.07) is 45.1. The summed E-state index contributed by atoms with van der Waals surface area (Å²) < 4.78 is 0. The van der Waals surface area contributed by atoms with E-state index in [1.807, 2.05) is 6.07 Å². The average molecular weight is 679 g/mol. The Morgan fingerprint density at radius 2 is 1.45 bits per heavy atom. The van der Waals surface area contributed by atoms with Gasteiger partial charge in [-0.05, 0) is 31.4 Å². The van der Waals surface area contributed by atoms with Gasteiger partial charge in [0.2, 0.25) is 0 Å². The van der Waals surface area contributed by atoms with Crippen molar-refractivity contribution < 1.29 is 20.8 Å². The van der Waals surface area contributed by atoms with Crippen LogP contribution in [0.5, 0.6) is 0 Å². The SMILES string of the molecule is CCCc1ccc2[cH-]c(-c3ccccc3)cc2c1-c1cc(C)cc(C)c1.[Cl][Zr+2][Cl].[c-]1cccc2c1[Si]c1ccccc1-2. The average Bonchev–Trinajstić information content (AvgIpc) is 3.60. The maximum absolute atomic E-state index is 4.93. The van der Waals surface area contributed by atoms with Crippen LogP contribution in [-0.4, -0.2) is 9.52 Å². The van der Waals surface area contributed by atoms with Gasteiger partial charge in [0.1, 0.15) is 0 Å². The van der Waals surface area contributed by atoms with E-state index in [4.69, 9.17) is 17.0 Å². The zero-order valence-electron chi connectivity index (χ0n) is 24.1. The molecule has 0 saturated heterocycles. The van der Waals surface area contributed by atoms with Gasteiger partial charge in [-0.15, -0.1) is 40.1 Å². The second kappa shape index (κ2) is 14.7. The number of rotatable bonds is 4. The van der Waals surface area contributed by atoms with Crippen LogP contribution in [-0.2, 0) is 27.3 Å². The smallest absolute Gasteiger partial charge is 0.0920 e. The van der Waals surface area contributed by atoms with E-state index in [0.29, 0.717) is 0 Å². The molecule has 0 fully saturated rings. The minimum Gasteiger partial charge on any atom is -0.184 e. The summed E-state index contributed by atoms with van der Waals surface area (Å²) in [7, 11) is 10.7. The third-order valence-electron chi connectivity index (χ3n) is 7.45. The Labute approximate surface area is 271 Å². The summed E-state index contributed by atoms with van der Waals surface area (Å²) in [5, 5.41) is 5.53. The van der Waals surface area contributed by atoms with Gasteiger partial charge in [-0.2, -0.15) is 29.5 Å². The fraction of sp³-hybridized carbons (Fsp3) is 0.132. The van der Waals surface area contributed by atoms with Gasteiger partial charge in [-0.3, -0.25) is 0 Å². The van der Waals surface area contributed by atoms with Crippen LogP contribution in [0, 0.1) is 19.9 Å². The fourth-order valence-electron chi connectivity index (χ4n) is 5.79. The molecule has 0 atom stereocenters. The summed E-state index contributed by atoms with van der Waals surface area (Å²) in [6.45, 7) is 6.64. The summed E-state index contributed by atoms with van der Waals surface area (Å²) in [6.07, 6.45) is 2.28. The molecule has 0 bridgehead atoms. The molecule has 4 heteroatoms. The Hall–Kier alpha value is -2.61. The monoisotopic (exact) mass is 676 g/mol. The Balaban J connectivity index is 0.000000183. The van der Waals surface area contributed by atoms with Crippen LogP contribution in [0.2, 0.25) is 0 Å². The summed E-state index contributed by atoms with van der Waals surface area (Å²) >= 11 is -0.826. The van der Waals surface area contributed by atoms with E-state index in [1.54, 1.807) is 0 Å². The molecular weight excluding hydrogens is 647 g/mol. The maximum atomic E-state index is 4.93. The van der Waals surface area contributed by atoms with E-state index in [0.717, 1.165) is 22.4 Å². The predicted molar refractivity (Wildman–Crippen MR) is 181 cm³/mol. The molecule has 0 N–H and O–H groups in total. The van der Waals surface area contributed by atoms with Gasteiger partial charge in [0.25, 0.3) is 0 Å². The summed E-state index contributed by atoms with van der Waals surface area (Å²) in [4.78, 5) is 0. The normalized spacial score (nSPS) is 11.0. The van der Waals surface area contributed by atoms with E-state index in [9.17, 15) is 0 Å². The molecule has 0 amide bonds. The Morgan fingerprint density at radius 1 is 0.762 bits per heavy atom. The Kier molecular flexibility index (Phi) is 10.8. The topological polar surface area (TPSA) is 0 Å². The van der Waals surface area contributed by atoms with E-state index >= 15 is 0 Å². The number of halogens is 2. The number of hydrogen-bond acceptors (Lipinski definition) is 0. The van der Waals surface area contributed by atoms with Gasteiger partial charge in [0.05, 0.1) is 9.52 Å². The van der Waals surface area contributed by atoms with Gasteiger partial charge in [0.15, 0.2) is 0 Å². The van der Waals surface area contributed by atoms with Crippen LogP contribution < -0.4 is 10.4 Å². The molecule has 0 nitrogen and oxygen atoms in total. The van der Waals surface area contributed by atoms with Crippen molar-refractivity contribution in [3.05, 3.63) is 138 Å². The first-order valence-corrected chi connectivity index (χ1v) is 21.5. The van der Waals surface area contributed by atoms with Gasteiger partial charge in [-0.1, -0.05) is 125 Å². The summed E-state index contributed by atoms with van der Waals surface area (Å²) in [5.74, 6) is 0. The molecule has 1 aliphatic heterocycles. The van der Waals surface area contributed by atoms with Crippen molar-refractivity contribution in [1.29, 1.82) is 0 Å². The van der Waals surface area contributed by atoms with Crippen molar-refractivity contribution in [2.75, 3.05) is 0 Å².